The Morgan fingerprint density at radius 2 is 1.70 bits per heavy atom. The second-order valence-electron chi connectivity index (χ2n) is 7.04. The van der Waals surface area contributed by atoms with Gasteiger partial charge in [0.1, 0.15) is 17.3 Å². The van der Waals surface area contributed by atoms with Crippen LogP contribution in [0.2, 0.25) is 0 Å². The van der Waals surface area contributed by atoms with Gasteiger partial charge in [-0.1, -0.05) is 0 Å². The Kier molecular flexibility index (Phi) is 5.43. The van der Waals surface area contributed by atoms with E-state index in [4.69, 9.17) is 9.15 Å². The Bertz CT molecular complexity index is 1060. The van der Waals surface area contributed by atoms with Crippen molar-refractivity contribution in [2.75, 3.05) is 6.54 Å². The molecule has 1 atom stereocenters. The fourth-order valence-electron chi connectivity index (χ4n) is 3.32. The van der Waals surface area contributed by atoms with E-state index in [-0.39, 0.29) is 30.4 Å². The number of esters is 1. The minimum atomic E-state index is -0.562. The Morgan fingerprint density at radius 1 is 1.03 bits per heavy atom. The molecule has 30 heavy (non-hydrogen) atoms. The second kappa shape index (κ2) is 8.32. The van der Waals surface area contributed by atoms with E-state index in [2.05, 4.69) is 0 Å². The Hall–Kier alpha value is -3.74. The third-order valence-corrected chi connectivity index (χ3v) is 4.92. The number of nitrogens with zero attached hydrogens (tertiary/aromatic N) is 1. The van der Waals surface area contributed by atoms with Crippen LogP contribution in [0.1, 0.15) is 28.1 Å². The molecule has 7 heteroatoms. The molecule has 6 nitrogen and oxygen atoms in total. The number of benzene rings is 2. The minimum Gasteiger partial charge on any atom is -0.467 e. The van der Waals surface area contributed by atoms with E-state index in [1.165, 1.54) is 54.8 Å². The molecule has 0 unspecified atom stereocenters. The van der Waals surface area contributed by atoms with Crippen molar-refractivity contribution in [3.8, 4) is 5.75 Å². The van der Waals surface area contributed by atoms with Crippen molar-refractivity contribution in [3.05, 3.63) is 89.6 Å². The van der Waals surface area contributed by atoms with Crippen LogP contribution in [-0.4, -0.2) is 29.1 Å². The van der Waals surface area contributed by atoms with Crippen LogP contribution in [0.25, 0.3) is 0 Å². The smallest absolute Gasteiger partial charge is 0.316 e. The van der Waals surface area contributed by atoms with Crippen LogP contribution < -0.4 is 4.74 Å². The summed E-state index contributed by atoms with van der Waals surface area (Å²) in [7, 11) is 0. The standard InChI is InChI=1S/C23H18FNO5/c24-18-7-3-15(4-8-18)22(27)16-5-9-19(10-6-16)30-23(28)17-12-21(26)25(13-17)14-20-2-1-11-29-20/h1-11,17H,12-14H2/t17-/m1/s1. The average molecular weight is 407 g/mol. The normalized spacial score (nSPS) is 16.0. The summed E-state index contributed by atoms with van der Waals surface area (Å²) in [6.07, 6.45) is 1.62. The predicted octanol–water partition coefficient (Wildman–Crippen LogP) is 3.60. The molecule has 0 radical (unpaired) electrons. The van der Waals surface area contributed by atoms with Crippen molar-refractivity contribution in [1.82, 2.24) is 4.90 Å². The van der Waals surface area contributed by atoms with Gasteiger partial charge in [-0.3, -0.25) is 14.4 Å². The summed E-state index contributed by atoms with van der Waals surface area (Å²) in [5.74, 6) is -0.930. The van der Waals surface area contributed by atoms with E-state index >= 15 is 0 Å². The SMILES string of the molecule is O=C(c1ccc(F)cc1)c1ccc(OC(=O)[C@@H]2CC(=O)N(Cc3ccco3)C2)cc1. The quantitative estimate of drug-likeness (QED) is 0.355. The van der Waals surface area contributed by atoms with Crippen molar-refractivity contribution in [3.63, 3.8) is 0 Å². The maximum atomic E-state index is 13.0. The lowest BCUT2D eigenvalue weighted by Gasteiger charge is -2.14. The van der Waals surface area contributed by atoms with Crippen LogP contribution >= 0.6 is 0 Å². The summed E-state index contributed by atoms with van der Waals surface area (Å²) >= 11 is 0. The van der Waals surface area contributed by atoms with E-state index in [0.29, 0.717) is 23.4 Å². The highest BCUT2D eigenvalue weighted by molar-refractivity contribution is 6.09. The lowest BCUT2D eigenvalue weighted by molar-refractivity contribution is -0.139. The number of furan rings is 1. The first-order valence-corrected chi connectivity index (χ1v) is 9.42. The highest BCUT2D eigenvalue weighted by atomic mass is 19.1. The molecule has 152 valence electrons. The fraction of sp³-hybridized carbons (Fsp3) is 0.174. The number of carbonyl (C=O) groups is 3. The molecule has 0 N–H and O–H groups in total. The summed E-state index contributed by atoms with van der Waals surface area (Å²) < 4.78 is 23.6. The molecule has 0 aliphatic carbocycles. The summed E-state index contributed by atoms with van der Waals surface area (Å²) in [6.45, 7) is 0.579. The molecule has 2 heterocycles. The first-order valence-electron chi connectivity index (χ1n) is 9.42. The third kappa shape index (κ3) is 4.30. The molecule has 3 aromatic rings. The zero-order valence-electron chi connectivity index (χ0n) is 15.9. The summed E-state index contributed by atoms with van der Waals surface area (Å²) in [5, 5.41) is 0. The van der Waals surface area contributed by atoms with Crippen LogP contribution in [0.4, 0.5) is 4.39 Å². The van der Waals surface area contributed by atoms with Crippen LogP contribution in [0.15, 0.2) is 71.3 Å². The number of hydrogen-bond donors (Lipinski definition) is 0. The van der Waals surface area contributed by atoms with Crippen LogP contribution in [0.3, 0.4) is 0 Å². The summed E-state index contributed by atoms with van der Waals surface area (Å²) in [6, 6.07) is 14.9. The zero-order valence-corrected chi connectivity index (χ0v) is 15.9. The molecule has 0 spiro atoms. The lowest BCUT2D eigenvalue weighted by atomic mass is 10.0. The number of halogens is 1. The monoisotopic (exact) mass is 407 g/mol. The van der Waals surface area contributed by atoms with Gasteiger partial charge in [-0.25, -0.2) is 4.39 Å². The molecule has 1 aliphatic heterocycles. The molecule has 1 aromatic heterocycles. The number of carbonyl (C=O) groups excluding carboxylic acids is 3. The van der Waals surface area contributed by atoms with Crippen molar-refractivity contribution < 1.29 is 27.9 Å². The van der Waals surface area contributed by atoms with E-state index in [0.717, 1.165) is 0 Å². The zero-order chi connectivity index (χ0) is 21.1. The van der Waals surface area contributed by atoms with Gasteiger partial charge in [-0.05, 0) is 60.7 Å². The van der Waals surface area contributed by atoms with E-state index in [9.17, 15) is 18.8 Å². The van der Waals surface area contributed by atoms with Crippen molar-refractivity contribution >= 4 is 17.7 Å². The lowest BCUT2D eigenvalue weighted by Crippen LogP contribution is -2.27. The second-order valence-corrected chi connectivity index (χ2v) is 7.04. The van der Waals surface area contributed by atoms with Gasteiger partial charge in [0.2, 0.25) is 5.91 Å². The topological polar surface area (TPSA) is 76.8 Å². The van der Waals surface area contributed by atoms with Crippen LogP contribution in [-0.2, 0) is 16.1 Å². The van der Waals surface area contributed by atoms with Gasteiger partial charge in [0.15, 0.2) is 5.78 Å². The Morgan fingerprint density at radius 3 is 2.33 bits per heavy atom. The van der Waals surface area contributed by atoms with E-state index in [1.54, 1.807) is 17.0 Å². The van der Waals surface area contributed by atoms with Crippen molar-refractivity contribution in [1.29, 1.82) is 0 Å². The van der Waals surface area contributed by atoms with Crippen molar-refractivity contribution in [2.45, 2.75) is 13.0 Å². The van der Waals surface area contributed by atoms with Gasteiger partial charge in [0, 0.05) is 24.1 Å². The predicted molar refractivity (Wildman–Crippen MR) is 104 cm³/mol. The van der Waals surface area contributed by atoms with E-state index in [1.807, 2.05) is 0 Å². The summed E-state index contributed by atoms with van der Waals surface area (Å²) in [4.78, 5) is 38.6. The molecule has 1 aliphatic rings. The number of ether oxygens (including phenoxy) is 1. The number of hydrogen-bond acceptors (Lipinski definition) is 5. The molecule has 1 saturated heterocycles. The highest BCUT2D eigenvalue weighted by Gasteiger charge is 2.36. The number of ketones is 1. The van der Waals surface area contributed by atoms with Gasteiger partial charge in [0.05, 0.1) is 18.7 Å². The van der Waals surface area contributed by atoms with Crippen LogP contribution in [0.5, 0.6) is 5.75 Å². The fourth-order valence-corrected chi connectivity index (χ4v) is 3.32. The maximum Gasteiger partial charge on any atom is 0.316 e. The largest absolute Gasteiger partial charge is 0.467 e. The molecule has 0 saturated carbocycles. The highest BCUT2D eigenvalue weighted by Crippen LogP contribution is 2.23. The number of likely N-dealkylation sites (tertiary alicyclic amines) is 1. The first-order chi connectivity index (χ1) is 14.5. The Balaban J connectivity index is 1.36. The molecule has 0 bridgehead atoms. The molecule has 4 rings (SSSR count). The molecular weight excluding hydrogens is 389 g/mol. The van der Waals surface area contributed by atoms with Gasteiger partial charge >= 0.3 is 5.97 Å². The molecule has 1 amide bonds. The summed E-state index contributed by atoms with van der Waals surface area (Å²) in [5.41, 5.74) is 0.754. The third-order valence-electron chi connectivity index (χ3n) is 4.92. The maximum absolute atomic E-state index is 13.0. The van der Waals surface area contributed by atoms with E-state index < -0.39 is 17.7 Å². The van der Waals surface area contributed by atoms with Gasteiger partial charge < -0.3 is 14.1 Å². The van der Waals surface area contributed by atoms with Crippen molar-refractivity contribution in [2.24, 2.45) is 5.92 Å². The minimum absolute atomic E-state index is 0.0840. The van der Waals surface area contributed by atoms with Gasteiger partial charge in [-0.2, -0.15) is 0 Å². The van der Waals surface area contributed by atoms with Gasteiger partial charge in [0.25, 0.3) is 0 Å². The van der Waals surface area contributed by atoms with Gasteiger partial charge in [-0.15, -0.1) is 0 Å². The Labute approximate surface area is 171 Å². The average Bonchev–Trinajstić information content (AvgIpc) is 3.39. The number of rotatable bonds is 6. The number of amides is 1. The van der Waals surface area contributed by atoms with Crippen LogP contribution in [0, 0.1) is 11.7 Å². The molecule has 2 aromatic carbocycles. The molecule has 1 fully saturated rings. The first kappa shape index (κ1) is 19.6. The molecular formula is C23H18FNO5.